The predicted octanol–water partition coefficient (Wildman–Crippen LogP) is 3.31. The molecule has 90 valence electrons. The van der Waals surface area contributed by atoms with E-state index in [1.165, 1.54) is 0 Å². The maximum Gasteiger partial charge on any atom is 0.245 e. The van der Waals surface area contributed by atoms with Crippen LogP contribution in [-0.2, 0) is 6.42 Å². The third kappa shape index (κ3) is 1.98. The summed E-state index contributed by atoms with van der Waals surface area (Å²) in [6.07, 6.45) is -1.72. The lowest BCUT2D eigenvalue weighted by molar-refractivity contribution is 0.0991. The van der Waals surface area contributed by atoms with E-state index in [2.05, 4.69) is 0 Å². The molecule has 0 saturated carbocycles. The molecule has 18 heavy (non-hydrogen) atoms. The molecule has 1 unspecified atom stereocenters. The predicted molar refractivity (Wildman–Crippen MR) is 62.4 cm³/mol. The fraction of sp³-hybridized carbons (Fsp3) is 0.286. The minimum absolute atomic E-state index is 0.201. The Balaban J connectivity index is 2.67. The molecule has 0 N–H and O–H groups in total. The lowest BCUT2D eigenvalue weighted by Crippen LogP contribution is -2.21. The van der Waals surface area contributed by atoms with Gasteiger partial charge >= 0.3 is 0 Å². The Morgan fingerprint density at radius 2 is 1.89 bits per heavy atom. The molecule has 0 heterocycles. The first-order valence-corrected chi connectivity index (χ1v) is 5.59. The molecule has 0 radical (unpaired) electrons. The number of allylic oxidation sites excluding steroid dienone is 2. The molecule has 1 aromatic rings. The molecule has 1 aromatic carbocycles. The van der Waals surface area contributed by atoms with Gasteiger partial charge in [0.05, 0.1) is 0 Å². The molecule has 1 aliphatic rings. The van der Waals surface area contributed by atoms with Gasteiger partial charge in [0.25, 0.3) is 0 Å². The summed E-state index contributed by atoms with van der Waals surface area (Å²) in [5.74, 6) is -1.02. The van der Waals surface area contributed by atoms with Crippen molar-refractivity contribution >= 4 is 5.57 Å². The summed E-state index contributed by atoms with van der Waals surface area (Å²) in [7, 11) is 0. The second-order valence-electron chi connectivity index (χ2n) is 4.15. The van der Waals surface area contributed by atoms with Gasteiger partial charge in [-0.3, -0.25) is 0 Å². The molecule has 1 atom stereocenters. The van der Waals surface area contributed by atoms with Gasteiger partial charge in [0, 0.05) is 5.92 Å². The Bertz CT molecular complexity index is 560. The van der Waals surface area contributed by atoms with Crippen LogP contribution in [0.3, 0.4) is 0 Å². The van der Waals surface area contributed by atoms with Gasteiger partial charge in [-0.2, -0.15) is 10.5 Å². The fourth-order valence-corrected chi connectivity index (χ4v) is 2.37. The molecule has 1 aliphatic carbocycles. The van der Waals surface area contributed by atoms with E-state index in [0.717, 1.165) is 5.56 Å². The molecular formula is C14H10F2N2. The van der Waals surface area contributed by atoms with Crippen molar-refractivity contribution in [3.8, 4) is 12.1 Å². The standard InChI is InChI=1S/C14H10F2N2/c15-14(16)12-6-5-9-3-1-2-4-11(9)13(12)10(7-17)8-18/h1-4,12,14H,5-6H2. The first-order chi connectivity index (χ1) is 8.69. The summed E-state index contributed by atoms with van der Waals surface area (Å²) in [6.45, 7) is 0. The molecule has 0 bridgehead atoms. The third-order valence-corrected chi connectivity index (χ3v) is 3.20. The Kier molecular flexibility index (Phi) is 3.39. The van der Waals surface area contributed by atoms with Crippen molar-refractivity contribution in [1.82, 2.24) is 0 Å². The molecular weight excluding hydrogens is 234 g/mol. The average Bonchev–Trinajstić information content (AvgIpc) is 2.40. The number of halogens is 2. The first-order valence-electron chi connectivity index (χ1n) is 5.59. The van der Waals surface area contributed by atoms with Crippen LogP contribution < -0.4 is 0 Å². The van der Waals surface area contributed by atoms with Crippen molar-refractivity contribution in [2.24, 2.45) is 5.92 Å². The zero-order chi connectivity index (χ0) is 13.1. The summed E-state index contributed by atoms with van der Waals surface area (Å²) >= 11 is 0. The van der Waals surface area contributed by atoms with Gasteiger partial charge in [-0.1, -0.05) is 24.3 Å². The Morgan fingerprint density at radius 1 is 1.22 bits per heavy atom. The van der Waals surface area contributed by atoms with E-state index < -0.39 is 12.3 Å². The number of aryl methyl sites for hydroxylation is 1. The van der Waals surface area contributed by atoms with Crippen LogP contribution in [0, 0.1) is 28.6 Å². The highest BCUT2D eigenvalue weighted by molar-refractivity contribution is 5.79. The summed E-state index contributed by atoms with van der Waals surface area (Å²) < 4.78 is 26.1. The van der Waals surface area contributed by atoms with E-state index >= 15 is 0 Å². The lowest BCUT2D eigenvalue weighted by Gasteiger charge is -2.27. The third-order valence-electron chi connectivity index (χ3n) is 3.20. The van der Waals surface area contributed by atoms with Gasteiger partial charge in [-0.25, -0.2) is 8.78 Å². The van der Waals surface area contributed by atoms with E-state index in [0.29, 0.717) is 12.0 Å². The van der Waals surface area contributed by atoms with Gasteiger partial charge in [0.15, 0.2) is 0 Å². The topological polar surface area (TPSA) is 47.6 Å². The molecule has 0 fully saturated rings. The summed E-state index contributed by atoms with van der Waals surface area (Å²) in [4.78, 5) is 0. The van der Waals surface area contributed by atoms with Crippen LogP contribution in [0.25, 0.3) is 5.57 Å². The highest BCUT2D eigenvalue weighted by Crippen LogP contribution is 2.40. The normalized spacial score (nSPS) is 17.8. The molecule has 2 rings (SSSR count). The molecule has 0 saturated heterocycles. The van der Waals surface area contributed by atoms with Gasteiger partial charge in [0.2, 0.25) is 6.43 Å². The molecule has 4 heteroatoms. The number of hydrogen-bond acceptors (Lipinski definition) is 2. The molecule has 0 aliphatic heterocycles. The van der Waals surface area contributed by atoms with Gasteiger partial charge in [-0.05, 0) is 29.5 Å². The minimum atomic E-state index is -2.55. The number of hydrogen-bond donors (Lipinski definition) is 0. The zero-order valence-corrected chi connectivity index (χ0v) is 9.53. The van der Waals surface area contributed by atoms with E-state index in [1.54, 1.807) is 24.3 Å². The quantitative estimate of drug-likeness (QED) is 0.711. The van der Waals surface area contributed by atoms with Crippen LogP contribution in [0.1, 0.15) is 17.5 Å². The van der Waals surface area contributed by atoms with E-state index in [9.17, 15) is 8.78 Å². The molecule has 0 spiro atoms. The van der Waals surface area contributed by atoms with E-state index in [-0.39, 0.29) is 17.6 Å². The number of rotatable bonds is 1. The Labute approximate surface area is 104 Å². The monoisotopic (exact) mass is 244 g/mol. The van der Waals surface area contributed by atoms with Crippen LogP contribution in [-0.4, -0.2) is 6.43 Å². The summed E-state index contributed by atoms with van der Waals surface area (Å²) in [5, 5.41) is 17.9. The van der Waals surface area contributed by atoms with Crippen LogP contribution >= 0.6 is 0 Å². The van der Waals surface area contributed by atoms with Gasteiger partial charge in [-0.15, -0.1) is 0 Å². The first kappa shape index (κ1) is 12.3. The number of fused-ring (bicyclic) bond motifs is 1. The second kappa shape index (κ2) is 4.98. The van der Waals surface area contributed by atoms with Crippen LogP contribution in [0.5, 0.6) is 0 Å². The van der Waals surface area contributed by atoms with Crippen LogP contribution in [0.15, 0.2) is 29.8 Å². The maximum absolute atomic E-state index is 13.0. The Hall–Kier alpha value is -2.20. The number of nitriles is 2. The average molecular weight is 244 g/mol. The maximum atomic E-state index is 13.0. The smallest absolute Gasteiger partial charge is 0.210 e. The second-order valence-corrected chi connectivity index (χ2v) is 4.15. The summed E-state index contributed by atoms with van der Waals surface area (Å²) in [5.41, 5.74) is 1.55. The van der Waals surface area contributed by atoms with E-state index in [4.69, 9.17) is 10.5 Å². The zero-order valence-electron chi connectivity index (χ0n) is 9.53. The van der Waals surface area contributed by atoms with Crippen molar-refractivity contribution in [3.63, 3.8) is 0 Å². The molecule has 2 nitrogen and oxygen atoms in total. The highest BCUT2D eigenvalue weighted by atomic mass is 19.3. The molecule has 0 aromatic heterocycles. The minimum Gasteiger partial charge on any atom is -0.210 e. The van der Waals surface area contributed by atoms with Gasteiger partial charge < -0.3 is 0 Å². The van der Waals surface area contributed by atoms with Crippen LogP contribution in [0.2, 0.25) is 0 Å². The Morgan fingerprint density at radius 3 is 2.50 bits per heavy atom. The van der Waals surface area contributed by atoms with Crippen molar-refractivity contribution in [2.45, 2.75) is 19.3 Å². The van der Waals surface area contributed by atoms with Crippen molar-refractivity contribution in [1.29, 1.82) is 10.5 Å². The van der Waals surface area contributed by atoms with Crippen molar-refractivity contribution in [3.05, 3.63) is 41.0 Å². The SMILES string of the molecule is N#CC(C#N)=C1c2ccccc2CCC1C(F)F. The highest BCUT2D eigenvalue weighted by Gasteiger charge is 2.32. The van der Waals surface area contributed by atoms with E-state index in [1.807, 2.05) is 12.1 Å². The molecule has 0 amide bonds. The lowest BCUT2D eigenvalue weighted by atomic mass is 9.78. The van der Waals surface area contributed by atoms with Crippen molar-refractivity contribution < 1.29 is 8.78 Å². The number of benzene rings is 1. The fourth-order valence-electron chi connectivity index (χ4n) is 2.37. The number of alkyl halides is 2. The largest absolute Gasteiger partial charge is 0.245 e. The van der Waals surface area contributed by atoms with Crippen molar-refractivity contribution in [2.75, 3.05) is 0 Å². The van der Waals surface area contributed by atoms with Gasteiger partial charge in [0.1, 0.15) is 17.7 Å². The number of nitrogens with zero attached hydrogens (tertiary/aromatic N) is 2. The van der Waals surface area contributed by atoms with Crippen LogP contribution in [0.4, 0.5) is 8.78 Å². The summed E-state index contributed by atoms with van der Waals surface area (Å²) in [6, 6.07) is 10.6.